The predicted molar refractivity (Wildman–Crippen MR) is 213 cm³/mol. The molecule has 1 fully saturated rings. The van der Waals surface area contributed by atoms with Crippen LogP contribution >= 0.6 is 0 Å². The number of para-hydroxylation sites is 1. The van der Waals surface area contributed by atoms with Crippen LogP contribution in [-0.4, -0.2) is 87.7 Å². The number of carbonyl (C=O) groups excluding carboxylic acids is 5. The fourth-order valence-electron chi connectivity index (χ4n) is 6.75. The number of aromatic nitrogens is 3. The molecular weight excluding hydrogens is 715 g/mol. The number of nitrogens with zero attached hydrogens (tertiary/aromatic N) is 2. The van der Waals surface area contributed by atoms with Crippen LogP contribution in [0, 0.1) is 0 Å². The number of aromatic amines is 2. The summed E-state index contributed by atoms with van der Waals surface area (Å²) in [5.41, 5.74) is 14.2. The van der Waals surface area contributed by atoms with E-state index < -0.39 is 41.9 Å². The van der Waals surface area contributed by atoms with Gasteiger partial charge in [-0.1, -0.05) is 67.8 Å². The number of imidazole rings is 1. The zero-order chi connectivity index (χ0) is 39.7. The van der Waals surface area contributed by atoms with Crippen molar-refractivity contribution < 1.29 is 24.0 Å². The second-order valence-electron chi connectivity index (χ2n) is 14.1. The van der Waals surface area contributed by atoms with Crippen molar-refractivity contribution in [2.75, 3.05) is 13.1 Å². The molecule has 0 spiro atoms. The molecule has 1 aliphatic heterocycles. The molecule has 0 saturated carbocycles. The first-order chi connectivity index (χ1) is 27.2. The van der Waals surface area contributed by atoms with Gasteiger partial charge in [-0.05, 0) is 42.9 Å². The number of rotatable bonds is 10. The number of benzene rings is 2. The topological polar surface area (TPSA) is 254 Å². The number of amides is 5. The summed E-state index contributed by atoms with van der Waals surface area (Å²) >= 11 is 0. The van der Waals surface area contributed by atoms with Gasteiger partial charge in [-0.2, -0.15) is 0 Å². The quantitative estimate of drug-likeness (QED) is 0.0646. The summed E-state index contributed by atoms with van der Waals surface area (Å²) in [6.45, 7) is 0.600. The number of guanidine groups is 1. The Hall–Kier alpha value is -6.19. The number of hydrogen-bond donors (Lipinski definition) is 9. The first-order valence-electron chi connectivity index (χ1n) is 19.3. The zero-order valence-corrected chi connectivity index (χ0v) is 31.5. The van der Waals surface area contributed by atoms with Crippen LogP contribution in [0.5, 0.6) is 0 Å². The molecule has 0 radical (unpaired) electrons. The van der Waals surface area contributed by atoms with Gasteiger partial charge in [-0.3, -0.25) is 29.0 Å². The summed E-state index contributed by atoms with van der Waals surface area (Å²) in [5, 5.41) is 15.4. The van der Waals surface area contributed by atoms with Crippen LogP contribution in [0.15, 0.2) is 78.3 Å². The lowest BCUT2D eigenvalue weighted by atomic mass is 10.0. The van der Waals surface area contributed by atoms with E-state index in [1.54, 1.807) is 6.20 Å². The van der Waals surface area contributed by atoms with Crippen LogP contribution in [0.25, 0.3) is 10.9 Å². The highest BCUT2D eigenvalue weighted by Crippen LogP contribution is 2.20. The van der Waals surface area contributed by atoms with Crippen molar-refractivity contribution >= 4 is 46.4 Å². The molecule has 0 unspecified atom stereocenters. The highest BCUT2D eigenvalue weighted by atomic mass is 16.2. The van der Waals surface area contributed by atoms with Gasteiger partial charge in [-0.15, -0.1) is 0 Å². The average molecular weight is 768 g/mol. The average Bonchev–Trinajstić information content (AvgIpc) is 3.86. The molecule has 4 aromatic rings. The van der Waals surface area contributed by atoms with Crippen molar-refractivity contribution in [3.8, 4) is 0 Å². The summed E-state index contributed by atoms with van der Waals surface area (Å²) in [7, 11) is 0. The Kier molecular flexibility index (Phi) is 15.4. The third-order valence-electron chi connectivity index (χ3n) is 9.74. The van der Waals surface area contributed by atoms with Crippen LogP contribution in [0.2, 0.25) is 0 Å². The first kappa shape index (κ1) is 41.0. The Morgan fingerprint density at radius 1 is 0.696 bits per heavy atom. The molecule has 5 rings (SSSR count). The van der Waals surface area contributed by atoms with E-state index in [0.717, 1.165) is 41.3 Å². The number of fused-ring (bicyclic) bond motifs is 1. The first-order valence-corrected chi connectivity index (χ1v) is 19.3. The van der Waals surface area contributed by atoms with E-state index in [1.807, 2.05) is 60.8 Å². The molecule has 5 amide bonds. The van der Waals surface area contributed by atoms with E-state index in [4.69, 9.17) is 11.5 Å². The lowest BCUT2D eigenvalue weighted by molar-refractivity contribution is -0.134. The summed E-state index contributed by atoms with van der Waals surface area (Å²) in [4.78, 5) is 83.6. The van der Waals surface area contributed by atoms with Crippen LogP contribution in [0.3, 0.4) is 0 Å². The fraction of sp³-hybridized carbons (Fsp3) is 0.425. The molecule has 298 valence electrons. The van der Waals surface area contributed by atoms with Gasteiger partial charge >= 0.3 is 0 Å². The Morgan fingerprint density at radius 2 is 1.36 bits per heavy atom. The maximum Gasteiger partial charge on any atom is 0.243 e. The Balaban J connectivity index is 1.44. The SMILES string of the molecule is NC(N)=NCCC[C@@H]1NC(=O)[C@H](Cc2ccccc2)NC(=O)[C@@H](Cc2cnc[nH]2)NC(=O)CCCCCCCNC(=O)[C@H](Cc2c[nH]c3ccccc23)NC1=O. The number of nitrogens with two attached hydrogens (primary N) is 2. The Labute approximate surface area is 325 Å². The minimum Gasteiger partial charge on any atom is -0.370 e. The maximum absolute atomic E-state index is 14.3. The van der Waals surface area contributed by atoms with E-state index in [0.29, 0.717) is 31.5 Å². The second kappa shape index (κ2) is 21.0. The van der Waals surface area contributed by atoms with Crippen molar-refractivity contribution in [1.29, 1.82) is 0 Å². The van der Waals surface area contributed by atoms with Crippen LogP contribution < -0.4 is 38.1 Å². The van der Waals surface area contributed by atoms with Gasteiger partial charge in [0.05, 0.1) is 6.33 Å². The molecule has 0 aliphatic carbocycles. The molecule has 2 aromatic carbocycles. The van der Waals surface area contributed by atoms with E-state index in [9.17, 15) is 24.0 Å². The van der Waals surface area contributed by atoms with Gasteiger partial charge in [0.15, 0.2) is 5.96 Å². The lowest BCUT2D eigenvalue weighted by Gasteiger charge is -2.27. The summed E-state index contributed by atoms with van der Waals surface area (Å²) in [6.07, 6.45) is 9.79. The molecule has 1 saturated heterocycles. The third-order valence-corrected chi connectivity index (χ3v) is 9.74. The van der Waals surface area contributed by atoms with Gasteiger partial charge in [0.1, 0.15) is 24.2 Å². The summed E-state index contributed by atoms with van der Waals surface area (Å²) < 4.78 is 0. The van der Waals surface area contributed by atoms with Crippen molar-refractivity contribution in [2.24, 2.45) is 16.5 Å². The molecule has 3 heterocycles. The molecule has 11 N–H and O–H groups in total. The van der Waals surface area contributed by atoms with E-state index in [1.165, 1.54) is 6.33 Å². The van der Waals surface area contributed by atoms with Gasteiger partial charge < -0.3 is 48.0 Å². The number of aliphatic imine (C=N–C) groups is 1. The molecule has 1 aliphatic rings. The minimum absolute atomic E-state index is 0.0943. The highest BCUT2D eigenvalue weighted by Gasteiger charge is 2.32. The van der Waals surface area contributed by atoms with Crippen LogP contribution in [0.4, 0.5) is 0 Å². The molecule has 4 atom stereocenters. The maximum atomic E-state index is 14.3. The fourth-order valence-corrected chi connectivity index (χ4v) is 6.75. The van der Waals surface area contributed by atoms with Crippen molar-refractivity contribution in [1.82, 2.24) is 41.5 Å². The zero-order valence-electron chi connectivity index (χ0n) is 31.5. The summed E-state index contributed by atoms with van der Waals surface area (Å²) in [5.74, 6) is -2.52. The van der Waals surface area contributed by atoms with Crippen molar-refractivity contribution in [2.45, 2.75) is 94.8 Å². The van der Waals surface area contributed by atoms with Crippen molar-refractivity contribution in [3.05, 3.63) is 90.1 Å². The van der Waals surface area contributed by atoms with Crippen molar-refractivity contribution in [3.63, 3.8) is 0 Å². The second-order valence-corrected chi connectivity index (χ2v) is 14.1. The molecule has 2 aromatic heterocycles. The Morgan fingerprint density at radius 3 is 2.11 bits per heavy atom. The number of H-pyrrole nitrogens is 2. The highest BCUT2D eigenvalue weighted by molar-refractivity contribution is 5.96. The largest absolute Gasteiger partial charge is 0.370 e. The smallest absolute Gasteiger partial charge is 0.243 e. The predicted octanol–water partition coefficient (Wildman–Crippen LogP) is 1.38. The molecule has 16 nitrogen and oxygen atoms in total. The van der Waals surface area contributed by atoms with E-state index in [2.05, 4.69) is 46.5 Å². The molecule has 0 bridgehead atoms. The molecule has 56 heavy (non-hydrogen) atoms. The van der Waals surface area contributed by atoms with E-state index >= 15 is 0 Å². The minimum atomic E-state index is -1.14. The van der Waals surface area contributed by atoms with E-state index in [-0.39, 0.29) is 56.4 Å². The molecule has 16 heteroatoms. The standard InChI is InChI=1S/C40H53N11O5/c41-40(42)45-19-11-16-31-37(54)51-33(21-27-23-46-30-15-9-8-14-29(27)30)36(53)44-18-10-3-1-2-7-17-35(52)48-34(22-28-24-43-25-47-28)39(56)50-32(38(55)49-31)20-26-12-5-4-6-13-26/h4-6,8-9,12-15,23-25,31-34,46H,1-3,7,10-11,16-22H2,(H,43,47)(H,44,53)(H,48,52)(H,49,55)(H,50,56)(H,51,54)(H4,41,42,45)/t31-,32-,33-,34+/m0/s1. The lowest BCUT2D eigenvalue weighted by Crippen LogP contribution is -2.59. The van der Waals surface area contributed by atoms with Gasteiger partial charge in [0.2, 0.25) is 29.5 Å². The van der Waals surface area contributed by atoms with Gasteiger partial charge in [0.25, 0.3) is 0 Å². The molecular formula is C40H53N11O5. The summed E-state index contributed by atoms with van der Waals surface area (Å²) in [6, 6.07) is 12.6. The number of carbonyl (C=O) groups is 5. The normalized spacial score (nSPS) is 21.1. The van der Waals surface area contributed by atoms with Crippen LogP contribution in [-0.2, 0) is 43.2 Å². The number of nitrogens with one attached hydrogen (secondary N) is 7. The van der Waals surface area contributed by atoms with Gasteiger partial charge in [-0.25, -0.2) is 4.98 Å². The number of hydrogen-bond acceptors (Lipinski definition) is 7. The van der Waals surface area contributed by atoms with Gasteiger partial charge in [0, 0.05) is 67.8 Å². The third kappa shape index (κ3) is 12.7. The Bertz CT molecular complexity index is 1920. The van der Waals surface area contributed by atoms with Crippen LogP contribution in [0.1, 0.15) is 68.2 Å². The monoisotopic (exact) mass is 767 g/mol.